The van der Waals surface area contributed by atoms with Crippen LogP contribution in [-0.2, 0) is 17.4 Å². The number of para-hydroxylation sites is 1. The van der Waals surface area contributed by atoms with Gasteiger partial charge in [0.1, 0.15) is 4.99 Å². The maximum atomic E-state index is 13.2. The van der Waals surface area contributed by atoms with E-state index in [1.807, 2.05) is 6.07 Å². The number of hydrogen-bond donors (Lipinski definition) is 1. The lowest BCUT2D eigenvalue weighted by molar-refractivity contribution is -0.137. The van der Waals surface area contributed by atoms with Gasteiger partial charge in [0, 0.05) is 18.7 Å². The van der Waals surface area contributed by atoms with Crippen molar-refractivity contribution in [3.63, 3.8) is 0 Å². The molecule has 0 aromatic heterocycles. The molecule has 200 valence electrons. The minimum atomic E-state index is -4.58. The largest absolute Gasteiger partial charge is 0.493 e. The molecule has 1 heterocycles. The number of alkyl halides is 3. The Morgan fingerprint density at radius 2 is 1.68 bits per heavy atom. The van der Waals surface area contributed by atoms with Crippen molar-refractivity contribution in [2.24, 2.45) is 5.92 Å². The number of nitrogens with zero attached hydrogens (tertiary/aromatic N) is 1. The Kier molecular flexibility index (Phi) is 8.89. The molecule has 9 heteroatoms. The van der Waals surface area contributed by atoms with Crippen LogP contribution < -0.4 is 14.8 Å². The Hall–Kier alpha value is -3.59. The summed E-state index contributed by atoms with van der Waals surface area (Å²) >= 11 is 5.75. The molecule has 3 aromatic carbocycles. The number of likely N-dealkylation sites (tertiary alicyclic amines) is 1. The van der Waals surface area contributed by atoms with Crippen LogP contribution in [-0.4, -0.2) is 42.6 Å². The SMILES string of the molecule is COc1cc(C(=S)N2CCC(Cc3ccccc3)CC2)ccc1OCC(=O)Nc1ccccc1C(F)(F)F. The van der Waals surface area contributed by atoms with Crippen molar-refractivity contribution < 1.29 is 27.4 Å². The molecule has 0 aliphatic carbocycles. The van der Waals surface area contributed by atoms with Crippen molar-refractivity contribution in [3.05, 3.63) is 89.5 Å². The molecule has 4 rings (SSSR count). The van der Waals surface area contributed by atoms with Gasteiger partial charge in [0.05, 0.1) is 18.4 Å². The summed E-state index contributed by atoms with van der Waals surface area (Å²) in [6.07, 6.45) is -1.41. The molecule has 0 saturated carbocycles. The molecule has 0 bridgehead atoms. The van der Waals surface area contributed by atoms with E-state index in [1.54, 1.807) is 18.2 Å². The quantitative estimate of drug-likeness (QED) is 0.336. The number of anilines is 1. The number of carbonyl (C=O) groups excluding carboxylic acids is 1. The monoisotopic (exact) mass is 542 g/mol. The Morgan fingerprint density at radius 3 is 2.37 bits per heavy atom. The molecule has 0 atom stereocenters. The molecule has 0 spiro atoms. The van der Waals surface area contributed by atoms with E-state index in [4.69, 9.17) is 21.7 Å². The van der Waals surface area contributed by atoms with Gasteiger partial charge in [-0.15, -0.1) is 0 Å². The fourth-order valence-corrected chi connectivity index (χ4v) is 4.87. The molecule has 1 aliphatic rings. The van der Waals surface area contributed by atoms with E-state index < -0.39 is 24.3 Å². The lowest BCUT2D eigenvalue weighted by Gasteiger charge is -2.34. The van der Waals surface area contributed by atoms with Gasteiger partial charge in [-0.05, 0) is 61.1 Å². The van der Waals surface area contributed by atoms with Gasteiger partial charge in [-0.25, -0.2) is 0 Å². The zero-order chi connectivity index (χ0) is 27.1. The second-order valence-electron chi connectivity index (χ2n) is 9.17. The van der Waals surface area contributed by atoms with Crippen molar-refractivity contribution in [1.82, 2.24) is 4.90 Å². The number of benzene rings is 3. The highest BCUT2D eigenvalue weighted by Gasteiger charge is 2.33. The van der Waals surface area contributed by atoms with Crippen LogP contribution in [0.3, 0.4) is 0 Å². The van der Waals surface area contributed by atoms with Crippen LogP contribution >= 0.6 is 12.2 Å². The summed E-state index contributed by atoms with van der Waals surface area (Å²) in [5.74, 6) is 0.574. The van der Waals surface area contributed by atoms with E-state index in [-0.39, 0.29) is 5.69 Å². The van der Waals surface area contributed by atoms with Gasteiger partial charge in [-0.1, -0.05) is 54.7 Å². The lowest BCUT2D eigenvalue weighted by atomic mass is 9.90. The third-order valence-electron chi connectivity index (χ3n) is 6.54. The van der Waals surface area contributed by atoms with Gasteiger partial charge in [0.2, 0.25) is 0 Å². The Balaban J connectivity index is 1.33. The van der Waals surface area contributed by atoms with Gasteiger partial charge in [-0.3, -0.25) is 4.79 Å². The summed E-state index contributed by atoms with van der Waals surface area (Å²) in [4.78, 5) is 15.2. The summed E-state index contributed by atoms with van der Waals surface area (Å²) < 4.78 is 50.5. The van der Waals surface area contributed by atoms with Crippen molar-refractivity contribution in [2.45, 2.75) is 25.4 Å². The lowest BCUT2D eigenvalue weighted by Crippen LogP contribution is -2.38. The van der Waals surface area contributed by atoms with Gasteiger partial charge >= 0.3 is 6.18 Å². The highest BCUT2D eigenvalue weighted by molar-refractivity contribution is 7.80. The average Bonchev–Trinajstić information content (AvgIpc) is 2.92. The van der Waals surface area contributed by atoms with Crippen molar-refractivity contribution in [2.75, 3.05) is 32.1 Å². The van der Waals surface area contributed by atoms with Crippen LogP contribution in [0.15, 0.2) is 72.8 Å². The second kappa shape index (κ2) is 12.3. The number of ether oxygens (including phenoxy) is 2. The van der Waals surface area contributed by atoms with Crippen molar-refractivity contribution >= 4 is 28.8 Å². The number of amides is 1. The van der Waals surface area contributed by atoms with Crippen LogP contribution in [0.2, 0.25) is 0 Å². The number of thiocarbonyl (C=S) groups is 1. The van der Waals surface area contributed by atoms with Gasteiger partial charge < -0.3 is 19.7 Å². The second-order valence-corrected chi connectivity index (χ2v) is 9.56. The number of methoxy groups -OCH3 is 1. The third kappa shape index (κ3) is 7.04. The minimum absolute atomic E-state index is 0.292. The van der Waals surface area contributed by atoms with E-state index in [9.17, 15) is 18.0 Å². The van der Waals surface area contributed by atoms with Gasteiger partial charge in [0.25, 0.3) is 5.91 Å². The first-order valence-electron chi connectivity index (χ1n) is 12.3. The zero-order valence-corrected chi connectivity index (χ0v) is 21.8. The average molecular weight is 543 g/mol. The first-order chi connectivity index (χ1) is 18.2. The maximum absolute atomic E-state index is 13.2. The third-order valence-corrected chi connectivity index (χ3v) is 7.04. The van der Waals surface area contributed by atoms with Crippen LogP contribution in [0, 0.1) is 5.92 Å². The number of rotatable bonds is 8. The fourth-order valence-electron chi connectivity index (χ4n) is 4.56. The van der Waals surface area contributed by atoms with E-state index in [1.165, 1.54) is 30.9 Å². The summed E-state index contributed by atoms with van der Waals surface area (Å²) in [6.45, 7) is 1.26. The minimum Gasteiger partial charge on any atom is -0.493 e. The Labute approximate surface area is 225 Å². The number of piperidine rings is 1. The molecular formula is C29H29F3N2O3S. The molecule has 1 aliphatic heterocycles. The summed E-state index contributed by atoms with van der Waals surface area (Å²) in [7, 11) is 1.48. The standard InChI is InChI=1S/C29H29F3N2O3S/c1-36-26-18-22(28(38)34-15-13-21(14-16-34)17-20-7-3-2-4-8-20)11-12-25(26)37-19-27(35)33-24-10-6-5-9-23(24)29(30,31)32/h2-12,18,21H,13-17,19H2,1H3,(H,33,35). The molecule has 1 amide bonds. The predicted molar refractivity (Wildman–Crippen MR) is 145 cm³/mol. The summed E-state index contributed by atoms with van der Waals surface area (Å²) in [5, 5.41) is 2.26. The predicted octanol–water partition coefficient (Wildman–Crippen LogP) is 6.36. The van der Waals surface area contributed by atoms with E-state index >= 15 is 0 Å². The van der Waals surface area contributed by atoms with Crippen LogP contribution in [0.25, 0.3) is 0 Å². The van der Waals surface area contributed by atoms with Gasteiger partial charge in [-0.2, -0.15) is 13.2 Å². The Morgan fingerprint density at radius 1 is 1.00 bits per heavy atom. The molecule has 1 fully saturated rings. The molecule has 0 unspecified atom stereocenters. The highest BCUT2D eigenvalue weighted by Crippen LogP contribution is 2.35. The van der Waals surface area contributed by atoms with Crippen molar-refractivity contribution in [1.29, 1.82) is 0 Å². The molecule has 3 aromatic rings. The normalized spacial score (nSPS) is 14.2. The van der Waals surface area contributed by atoms with E-state index in [2.05, 4.69) is 34.5 Å². The molecule has 38 heavy (non-hydrogen) atoms. The Bertz CT molecular complexity index is 1260. The van der Waals surface area contributed by atoms with Crippen molar-refractivity contribution in [3.8, 4) is 11.5 Å². The molecule has 1 saturated heterocycles. The molecule has 5 nitrogen and oxygen atoms in total. The topological polar surface area (TPSA) is 50.8 Å². The number of carbonyl (C=O) groups is 1. The van der Waals surface area contributed by atoms with Crippen LogP contribution in [0.1, 0.15) is 29.5 Å². The number of halogens is 3. The summed E-state index contributed by atoms with van der Waals surface area (Å²) in [5.41, 5.74) is 0.906. The van der Waals surface area contributed by atoms with Crippen LogP contribution in [0.4, 0.5) is 18.9 Å². The smallest absolute Gasteiger partial charge is 0.418 e. The fraction of sp³-hybridized carbons (Fsp3) is 0.310. The molecule has 1 N–H and O–H groups in total. The van der Waals surface area contributed by atoms with E-state index in [0.717, 1.165) is 49.0 Å². The van der Waals surface area contributed by atoms with Gasteiger partial charge in [0.15, 0.2) is 18.1 Å². The highest BCUT2D eigenvalue weighted by atomic mass is 32.1. The number of hydrogen-bond acceptors (Lipinski definition) is 4. The first kappa shape index (κ1) is 27.4. The number of nitrogens with one attached hydrogen (secondary N) is 1. The maximum Gasteiger partial charge on any atom is 0.418 e. The zero-order valence-electron chi connectivity index (χ0n) is 21.0. The van der Waals surface area contributed by atoms with E-state index in [0.29, 0.717) is 17.4 Å². The molecular weight excluding hydrogens is 513 g/mol. The summed E-state index contributed by atoms with van der Waals surface area (Å²) in [6, 6.07) is 20.5. The first-order valence-corrected chi connectivity index (χ1v) is 12.8. The molecule has 0 radical (unpaired) electrons. The van der Waals surface area contributed by atoms with Crippen LogP contribution in [0.5, 0.6) is 11.5 Å².